The van der Waals surface area contributed by atoms with Gasteiger partial charge in [0.2, 0.25) is 0 Å². The smallest absolute Gasteiger partial charge is 0.374 e. The minimum atomic E-state index is -4.71. The largest absolute Gasteiger partial charge is 0.431 e. The number of thiophene rings is 1. The lowest BCUT2D eigenvalue weighted by atomic mass is 9.87. The molecule has 13 heteroatoms. The number of aromatic nitrogens is 2. The Balaban J connectivity index is 1.40. The van der Waals surface area contributed by atoms with E-state index in [0.717, 1.165) is 53.4 Å². The summed E-state index contributed by atoms with van der Waals surface area (Å²) >= 11 is 8.02. The zero-order valence-corrected chi connectivity index (χ0v) is 24.1. The summed E-state index contributed by atoms with van der Waals surface area (Å²) in [7, 11) is 1.14. The molecule has 1 aromatic carbocycles. The normalized spacial score (nSPS) is 23.9. The van der Waals surface area contributed by atoms with Crippen LogP contribution in [0.1, 0.15) is 11.3 Å². The molecule has 3 aromatic heterocycles. The van der Waals surface area contributed by atoms with Crippen molar-refractivity contribution in [2.45, 2.75) is 38.3 Å². The van der Waals surface area contributed by atoms with Gasteiger partial charge in [0.05, 0.1) is 27.9 Å². The fourth-order valence-corrected chi connectivity index (χ4v) is 7.31. The molecule has 6 rings (SSSR count). The summed E-state index contributed by atoms with van der Waals surface area (Å²) in [5.41, 5.74) is 2.35. The standard InChI is InChI=1S/C29H28ClF3N6O2S/c1-37-25(29(31,32)33)11-26(40)39(28(37)41)15-18-9-22-27(42-18)19(6-8-36-22)24-10-20-21(30)3-2-4-23(20)38(24)14-17-13-35-7-5-16(17)12-34/h2-4,6,8-11,16-17,26,28,35,40-41H,5,7,13-15H2,1H3. The quantitative estimate of drug-likeness (QED) is 0.287. The summed E-state index contributed by atoms with van der Waals surface area (Å²) in [6.07, 6.45) is -4.84. The van der Waals surface area contributed by atoms with Crippen molar-refractivity contribution < 1.29 is 23.4 Å². The molecular formula is C29H28ClF3N6O2S. The van der Waals surface area contributed by atoms with Crippen molar-refractivity contribution in [1.29, 1.82) is 5.26 Å². The lowest BCUT2D eigenvalue weighted by molar-refractivity contribution is -0.193. The molecule has 5 heterocycles. The predicted molar refractivity (Wildman–Crippen MR) is 155 cm³/mol. The van der Waals surface area contributed by atoms with Gasteiger partial charge in [-0.1, -0.05) is 17.7 Å². The number of halogens is 4. The number of aliphatic hydroxyl groups is 2. The molecule has 0 bridgehead atoms. The van der Waals surface area contributed by atoms with E-state index in [0.29, 0.717) is 32.9 Å². The lowest BCUT2D eigenvalue weighted by Crippen LogP contribution is -2.55. The molecule has 8 nitrogen and oxygen atoms in total. The first kappa shape index (κ1) is 28.9. The molecule has 4 aromatic rings. The van der Waals surface area contributed by atoms with Crippen molar-refractivity contribution in [2.24, 2.45) is 11.8 Å². The van der Waals surface area contributed by atoms with Gasteiger partial charge in [-0.25, -0.2) is 4.90 Å². The summed E-state index contributed by atoms with van der Waals surface area (Å²) in [4.78, 5) is 7.11. The van der Waals surface area contributed by atoms with Crippen LogP contribution in [0.4, 0.5) is 13.2 Å². The number of nitrogens with zero attached hydrogens (tertiary/aromatic N) is 5. The second-order valence-corrected chi connectivity index (χ2v) is 12.2. The van der Waals surface area contributed by atoms with Crippen molar-refractivity contribution in [3.05, 3.63) is 64.3 Å². The molecule has 1 saturated heterocycles. The number of fused-ring (bicyclic) bond motifs is 2. The number of aliphatic hydroxyl groups excluding tert-OH is 2. The molecule has 42 heavy (non-hydrogen) atoms. The molecule has 4 unspecified atom stereocenters. The number of allylic oxidation sites excluding steroid dienone is 1. The SMILES string of the molecule is CN1C(C(F)(F)F)=CC(O)N(Cc2cc3nccc(-c4cc5c(Cl)cccc5n4CC4CNCCC4C#N)c3s2)C1O. The van der Waals surface area contributed by atoms with E-state index < -0.39 is 24.5 Å². The number of hydrogen-bond donors (Lipinski definition) is 3. The van der Waals surface area contributed by atoms with Gasteiger partial charge in [0.25, 0.3) is 0 Å². The van der Waals surface area contributed by atoms with E-state index in [1.807, 2.05) is 36.4 Å². The molecule has 4 atom stereocenters. The van der Waals surface area contributed by atoms with Crippen LogP contribution in [-0.4, -0.2) is 68.5 Å². The van der Waals surface area contributed by atoms with Crippen LogP contribution >= 0.6 is 22.9 Å². The first-order valence-electron chi connectivity index (χ1n) is 13.5. The first-order valence-corrected chi connectivity index (χ1v) is 14.7. The van der Waals surface area contributed by atoms with Crippen molar-refractivity contribution in [1.82, 2.24) is 24.7 Å². The van der Waals surface area contributed by atoms with E-state index in [-0.39, 0.29) is 18.4 Å². The molecule has 1 fully saturated rings. The van der Waals surface area contributed by atoms with Gasteiger partial charge in [0.1, 0.15) is 11.9 Å². The van der Waals surface area contributed by atoms with Crippen LogP contribution in [0.15, 0.2) is 54.4 Å². The molecular weight excluding hydrogens is 589 g/mol. The van der Waals surface area contributed by atoms with E-state index in [4.69, 9.17) is 11.6 Å². The van der Waals surface area contributed by atoms with Gasteiger partial charge in [0, 0.05) is 65.2 Å². The lowest BCUT2D eigenvalue weighted by Gasteiger charge is -2.42. The molecule has 2 aliphatic heterocycles. The Hall–Kier alpha value is -3.18. The predicted octanol–water partition coefficient (Wildman–Crippen LogP) is 5.11. The number of rotatable bonds is 5. The molecule has 2 aliphatic rings. The van der Waals surface area contributed by atoms with Crippen LogP contribution in [0.3, 0.4) is 0 Å². The maximum absolute atomic E-state index is 13.4. The minimum absolute atomic E-state index is 0.00118. The summed E-state index contributed by atoms with van der Waals surface area (Å²) < 4.78 is 43.2. The maximum atomic E-state index is 13.4. The Labute approximate surface area is 248 Å². The molecule has 0 amide bonds. The van der Waals surface area contributed by atoms with E-state index in [2.05, 4.69) is 20.9 Å². The van der Waals surface area contributed by atoms with Gasteiger partial charge in [-0.05, 0) is 49.4 Å². The molecule has 3 N–H and O–H groups in total. The van der Waals surface area contributed by atoms with Crippen molar-refractivity contribution in [2.75, 3.05) is 20.1 Å². The van der Waals surface area contributed by atoms with Crippen LogP contribution in [0, 0.1) is 23.2 Å². The van der Waals surface area contributed by atoms with Crippen molar-refractivity contribution >= 4 is 44.1 Å². The van der Waals surface area contributed by atoms with Crippen LogP contribution < -0.4 is 5.32 Å². The Kier molecular flexibility index (Phi) is 7.67. The molecule has 0 spiro atoms. The highest BCUT2D eigenvalue weighted by Crippen LogP contribution is 2.40. The third-order valence-electron chi connectivity index (χ3n) is 8.12. The summed E-state index contributed by atoms with van der Waals surface area (Å²) in [6.45, 7) is 2.15. The highest BCUT2D eigenvalue weighted by Gasteiger charge is 2.44. The van der Waals surface area contributed by atoms with Crippen LogP contribution in [-0.2, 0) is 13.1 Å². The highest BCUT2D eigenvalue weighted by molar-refractivity contribution is 7.19. The molecule has 0 saturated carbocycles. The topological polar surface area (TPSA) is 101 Å². The average Bonchev–Trinajstić information content (AvgIpc) is 3.54. The van der Waals surface area contributed by atoms with Crippen LogP contribution in [0.25, 0.3) is 32.4 Å². The Morgan fingerprint density at radius 2 is 2.05 bits per heavy atom. The third-order valence-corrected chi connectivity index (χ3v) is 9.59. The summed E-state index contributed by atoms with van der Waals surface area (Å²) in [5.74, 6) is 0.0241. The van der Waals surface area contributed by atoms with Crippen molar-refractivity contribution in [3.8, 4) is 17.3 Å². The molecule has 0 aliphatic carbocycles. The fraction of sp³-hybridized carbons (Fsp3) is 0.379. The molecule has 220 valence electrons. The number of nitrogens with one attached hydrogen (secondary N) is 1. The highest BCUT2D eigenvalue weighted by atomic mass is 35.5. The number of hydrogen-bond acceptors (Lipinski definition) is 8. The Morgan fingerprint density at radius 3 is 2.81 bits per heavy atom. The van der Waals surface area contributed by atoms with Gasteiger partial charge in [-0.15, -0.1) is 11.3 Å². The third kappa shape index (κ3) is 5.15. The summed E-state index contributed by atoms with van der Waals surface area (Å²) in [6, 6.07) is 14.0. The zero-order chi connectivity index (χ0) is 29.8. The van der Waals surface area contributed by atoms with Gasteiger partial charge in [-0.3, -0.25) is 4.98 Å². The average molecular weight is 617 g/mol. The van der Waals surface area contributed by atoms with Gasteiger partial charge >= 0.3 is 6.18 Å². The van der Waals surface area contributed by atoms with Gasteiger partial charge in [-0.2, -0.15) is 18.4 Å². The second-order valence-electron chi connectivity index (χ2n) is 10.7. The number of benzene rings is 1. The van der Waals surface area contributed by atoms with Crippen LogP contribution in [0.5, 0.6) is 0 Å². The number of pyridine rings is 1. The monoisotopic (exact) mass is 616 g/mol. The minimum Gasteiger partial charge on any atom is -0.374 e. The molecule has 0 radical (unpaired) electrons. The van der Waals surface area contributed by atoms with Gasteiger partial charge < -0.3 is 25.0 Å². The number of alkyl halides is 3. The Bertz CT molecular complexity index is 1710. The van der Waals surface area contributed by atoms with E-state index in [9.17, 15) is 28.6 Å². The maximum Gasteiger partial charge on any atom is 0.431 e. The van der Waals surface area contributed by atoms with Crippen molar-refractivity contribution in [3.63, 3.8) is 0 Å². The fourth-order valence-electron chi connectivity index (χ4n) is 5.94. The second kappa shape index (κ2) is 11.1. The zero-order valence-electron chi connectivity index (χ0n) is 22.5. The Morgan fingerprint density at radius 1 is 1.24 bits per heavy atom. The number of nitriles is 1. The number of piperidine rings is 1. The van der Waals surface area contributed by atoms with E-state index >= 15 is 0 Å². The van der Waals surface area contributed by atoms with E-state index in [1.165, 1.54) is 16.2 Å². The van der Waals surface area contributed by atoms with E-state index in [1.54, 1.807) is 6.20 Å². The first-order chi connectivity index (χ1) is 20.1. The van der Waals surface area contributed by atoms with Gasteiger partial charge in [0.15, 0.2) is 6.35 Å². The van der Waals surface area contributed by atoms with Crippen LogP contribution in [0.2, 0.25) is 5.02 Å². The summed E-state index contributed by atoms with van der Waals surface area (Å²) in [5, 5.41) is 35.9.